The van der Waals surface area contributed by atoms with E-state index in [2.05, 4.69) is 0 Å². The van der Waals surface area contributed by atoms with E-state index < -0.39 is 4.92 Å². The Balaban J connectivity index is 1.95. The molecule has 0 saturated carbocycles. The monoisotopic (exact) mass is 275 g/mol. The molecule has 0 aliphatic rings. The number of non-ortho nitro benzene ring substituents is 1. The van der Waals surface area contributed by atoms with Gasteiger partial charge in [-0.25, -0.2) is 0 Å². The minimum absolute atomic E-state index is 0.119. The molecule has 0 atom stereocenters. The van der Waals surface area contributed by atoms with Gasteiger partial charge in [-0.1, -0.05) is 12.1 Å². The van der Waals surface area contributed by atoms with Crippen molar-refractivity contribution in [2.24, 2.45) is 0 Å². The maximum absolute atomic E-state index is 10.5. The maximum atomic E-state index is 10.5. The molecule has 5 heteroatoms. The standard InChI is InChI=1S/C14H13NO3S/c1-18-13-6-2-11(3-7-13)10-19-14-8-4-12(5-9-14)15(16)17/h2-9H,10H2,1H3. The second kappa shape index (κ2) is 6.24. The molecule has 0 aromatic heterocycles. The topological polar surface area (TPSA) is 52.4 Å². The second-order valence-corrected chi connectivity index (χ2v) is 4.94. The molecule has 0 spiro atoms. The summed E-state index contributed by atoms with van der Waals surface area (Å²) >= 11 is 1.64. The average molecular weight is 275 g/mol. The molecule has 0 unspecified atom stereocenters. The zero-order valence-electron chi connectivity index (χ0n) is 10.4. The second-order valence-electron chi connectivity index (χ2n) is 3.89. The number of thioether (sulfide) groups is 1. The van der Waals surface area contributed by atoms with Gasteiger partial charge in [0.1, 0.15) is 5.75 Å². The molecule has 0 saturated heterocycles. The van der Waals surface area contributed by atoms with E-state index in [9.17, 15) is 10.1 Å². The van der Waals surface area contributed by atoms with E-state index in [1.165, 1.54) is 17.7 Å². The number of nitro benzene ring substituents is 1. The van der Waals surface area contributed by atoms with E-state index in [4.69, 9.17) is 4.74 Å². The Kier molecular flexibility index (Phi) is 4.41. The Morgan fingerprint density at radius 3 is 2.26 bits per heavy atom. The molecule has 98 valence electrons. The van der Waals surface area contributed by atoms with Crippen molar-refractivity contribution in [2.75, 3.05) is 7.11 Å². The van der Waals surface area contributed by atoms with E-state index >= 15 is 0 Å². The first-order chi connectivity index (χ1) is 9.19. The van der Waals surface area contributed by atoms with Crippen molar-refractivity contribution in [3.8, 4) is 5.75 Å². The Bertz CT molecular complexity index is 552. The number of nitrogens with zero attached hydrogens (tertiary/aromatic N) is 1. The molecule has 0 amide bonds. The molecule has 0 aliphatic heterocycles. The fraction of sp³-hybridized carbons (Fsp3) is 0.143. The molecular formula is C14H13NO3S. The molecule has 0 radical (unpaired) electrons. The fourth-order valence-electron chi connectivity index (χ4n) is 1.55. The average Bonchev–Trinajstić information content (AvgIpc) is 2.46. The lowest BCUT2D eigenvalue weighted by atomic mass is 10.2. The first-order valence-electron chi connectivity index (χ1n) is 5.69. The number of hydrogen-bond donors (Lipinski definition) is 0. The van der Waals surface area contributed by atoms with Gasteiger partial charge in [-0.2, -0.15) is 0 Å². The summed E-state index contributed by atoms with van der Waals surface area (Å²) in [7, 11) is 1.64. The van der Waals surface area contributed by atoms with Crippen LogP contribution >= 0.6 is 11.8 Å². The number of methoxy groups -OCH3 is 1. The highest BCUT2D eigenvalue weighted by atomic mass is 32.2. The summed E-state index contributed by atoms with van der Waals surface area (Å²) < 4.78 is 5.10. The van der Waals surface area contributed by atoms with Crippen LogP contribution < -0.4 is 4.74 Å². The largest absolute Gasteiger partial charge is 0.497 e. The van der Waals surface area contributed by atoms with Crippen molar-refractivity contribution in [3.63, 3.8) is 0 Å². The number of nitro groups is 1. The number of ether oxygens (including phenoxy) is 1. The number of hydrogen-bond acceptors (Lipinski definition) is 4. The van der Waals surface area contributed by atoms with Crippen LogP contribution in [0.2, 0.25) is 0 Å². The van der Waals surface area contributed by atoms with Gasteiger partial charge in [-0.05, 0) is 29.8 Å². The molecule has 2 aromatic rings. The van der Waals surface area contributed by atoms with Crippen LogP contribution in [0.25, 0.3) is 0 Å². The van der Waals surface area contributed by atoms with Gasteiger partial charge in [0, 0.05) is 22.8 Å². The fourth-order valence-corrected chi connectivity index (χ4v) is 2.41. The lowest BCUT2D eigenvalue weighted by molar-refractivity contribution is -0.384. The number of benzene rings is 2. The van der Waals surface area contributed by atoms with Gasteiger partial charge in [-0.15, -0.1) is 11.8 Å². The Morgan fingerprint density at radius 1 is 1.11 bits per heavy atom. The van der Waals surface area contributed by atoms with Crippen molar-refractivity contribution in [2.45, 2.75) is 10.6 Å². The van der Waals surface area contributed by atoms with E-state index in [-0.39, 0.29) is 5.69 Å². The van der Waals surface area contributed by atoms with Crippen molar-refractivity contribution in [1.82, 2.24) is 0 Å². The van der Waals surface area contributed by atoms with Crippen LogP contribution in [0.3, 0.4) is 0 Å². The third-order valence-electron chi connectivity index (χ3n) is 2.61. The third kappa shape index (κ3) is 3.72. The smallest absolute Gasteiger partial charge is 0.269 e. The van der Waals surface area contributed by atoms with Crippen LogP contribution in [0.4, 0.5) is 5.69 Å². The summed E-state index contributed by atoms with van der Waals surface area (Å²) in [5.74, 6) is 1.66. The van der Waals surface area contributed by atoms with E-state index in [0.29, 0.717) is 0 Å². The quantitative estimate of drug-likeness (QED) is 0.472. The molecule has 2 rings (SSSR count). The molecule has 2 aromatic carbocycles. The van der Waals surface area contributed by atoms with Crippen LogP contribution in [-0.2, 0) is 5.75 Å². The summed E-state index contributed by atoms with van der Waals surface area (Å²) in [5.41, 5.74) is 1.30. The van der Waals surface area contributed by atoms with Crippen molar-refractivity contribution in [1.29, 1.82) is 0 Å². The molecule has 4 nitrogen and oxygen atoms in total. The summed E-state index contributed by atoms with van der Waals surface area (Å²) in [4.78, 5) is 11.2. The lowest BCUT2D eigenvalue weighted by Gasteiger charge is -2.03. The Morgan fingerprint density at radius 2 is 1.74 bits per heavy atom. The summed E-state index contributed by atoms with van der Waals surface area (Å²) in [6.07, 6.45) is 0. The maximum Gasteiger partial charge on any atom is 0.269 e. The molecule has 0 fully saturated rings. The van der Waals surface area contributed by atoms with Crippen LogP contribution in [0.5, 0.6) is 5.75 Å². The van der Waals surface area contributed by atoms with Crippen LogP contribution in [-0.4, -0.2) is 12.0 Å². The van der Waals surface area contributed by atoms with E-state index in [1.807, 2.05) is 24.3 Å². The van der Waals surface area contributed by atoms with Gasteiger partial charge >= 0.3 is 0 Å². The highest BCUT2D eigenvalue weighted by Crippen LogP contribution is 2.25. The molecular weight excluding hydrogens is 262 g/mol. The summed E-state index contributed by atoms with van der Waals surface area (Å²) in [6.45, 7) is 0. The van der Waals surface area contributed by atoms with Crippen LogP contribution in [0.1, 0.15) is 5.56 Å². The predicted molar refractivity (Wildman–Crippen MR) is 75.7 cm³/mol. The molecule has 0 bridgehead atoms. The predicted octanol–water partition coefficient (Wildman–Crippen LogP) is 3.90. The van der Waals surface area contributed by atoms with Crippen molar-refractivity contribution >= 4 is 17.4 Å². The molecule has 0 heterocycles. The third-order valence-corrected chi connectivity index (χ3v) is 3.70. The van der Waals surface area contributed by atoms with E-state index in [1.54, 1.807) is 31.0 Å². The SMILES string of the molecule is COc1ccc(CSc2ccc([N+](=O)[O-])cc2)cc1. The lowest BCUT2D eigenvalue weighted by Crippen LogP contribution is -1.87. The Hall–Kier alpha value is -2.01. The van der Waals surface area contributed by atoms with E-state index in [0.717, 1.165) is 16.4 Å². The van der Waals surface area contributed by atoms with Crippen LogP contribution in [0, 0.1) is 10.1 Å². The van der Waals surface area contributed by atoms with Crippen molar-refractivity contribution < 1.29 is 9.66 Å². The molecule has 0 aliphatic carbocycles. The summed E-state index contributed by atoms with van der Waals surface area (Å²) in [6, 6.07) is 14.5. The van der Waals surface area contributed by atoms with Gasteiger partial charge in [0.2, 0.25) is 0 Å². The van der Waals surface area contributed by atoms with Gasteiger partial charge in [0.15, 0.2) is 0 Å². The number of rotatable bonds is 5. The van der Waals surface area contributed by atoms with Gasteiger partial charge in [0.25, 0.3) is 5.69 Å². The highest BCUT2D eigenvalue weighted by Gasteiger charge is 2.04. The van der Waals surface area contributed by atoms with Crippen LogP contribution in [0.15, 0.2) is 53.4 Å². The molecule has 0 N–H and O–H groups in total. The zero-order valence-corrected chi connectivity index (χ0v) is 11.2. The van der Waals surface area contributed by atoms with Gasteiger partial charge in [-0.3, -0.25) is 10.1 Å². The first kappa shape index (κ1) is 13.4. The van der Waals surface area contributed by atoms with Gasteiger partial charge in [0.05, 0.1) is 12.0 Å². The van der Waals surface area contributed by atoms with Gasteiger partial charge < -0.3 is 4.74 Å². The van der Waals surface area contributed by atoms with Crippen molar-refractivity contribution in [3.05, 3.63) is 64.2 Å². The highest BCUT2D eigenvalue weighted by molar-refractivity contribution is 7.98. The molecule has 19 heavy (non-hydrogen) atoms. The zero-order chi connectivity index (χ0) is 13.7. The minimum atomic E-state index is -0.391. The minimum Gasteiger partial charge on any atom is -0.497 e. The normalized spacial score (nSPS) is 10.2. The Labute approximate surface area is 115 Å². The summed E-state index contributed by atoms with van der Waals surface area (Å²) in [5, 5.41) is 10.5. The first-order valence-corrected chi connectivity index (χ1v) is 6.68.